The van der Waals surface area contributed by atoms with Crippen LogP contribution in [0.1, 0.15) is 18.9 Å². The van der Waals surface area contributed by atoms with Gasteiger partial charge in [-0.15, -0.1) is 0 Å². The third-order valence-electron chi connectivity index (χ3n) is 1.83. The number of allylic oxidation sites excluding steroid dienone is 1. The molecule has 1 aromatic rings. The van der Waals surface area contributed by atoms with E-state index in [2.05, 4.69) is 13.2 Å². The molecule has 0 saturated heterocycles. The first kappa shape index (κ1) is 10.5. The molecule has 1 rings (SSSR count). The molecule has 0 atom stereocenters. The molecule has 0 saturated carbocycles. The summed E-state index contributed by atoms with van der Waals surface area (Å²) < 4.78 is 17.9. The zero-order chi connectivity index (χ0) is 10.6. The maximum atomic E-state index is 12.6. The second kappa shape index (κ2) is 4.61. The van der Waals surface area contributed by atoms with Gasteiger partial charge in [-0.05, 0) is 24.3 Å². The lowest BCUT2D eigenvalue weighted by atomic mass is 10.2. The highest BCUT2D eigenvalue weighted by atomic mass is 19.1. The van der Waals surface area contributed by atoms with Gasteiger partial charge in [-0.25, -0.2) is 4.39 Å². The van der Waals surface area contributed by atoms with Crippen molar-refractivity contribution in [1.82, 2.24) is 0 Å². The Morgan fingerprint density at radius 1 is 1.29 bits per heavy atom. The van der Waals surface area contributed by atoms with Crippen molar-refractivity contribution >= 4 is 5.76 Å². The summed E-state index contributed by atoms with van der Waals surface area (Å²) in [4.78, 5) is 0. The molecule has 0 spiro atoms. The molecule has 0 heterocycles. The van der Waals surface area contributed by atoms with Gasteiger partial charge in [0, 0.05) is 12.0 Å². The number of ether oxygens (including phenoxy) is 1. The highest BCUT2D eigenvalue weighted by Gasteiger charge is 2.01. The van der Waals surface area contributed by atoms with E-state index >= 15 is 0 Å². The monoisotopic (exact) mass is 192 g/mol. The molecular weight excluding hydrogens is 179 g/mol. The fraction of sp³-hybridized carbons (Fsp3) is 0.167. The molecule has 1 aromatic carbocycles. The lowest BCUT2D eigenvalue weighted by Crippen LogP contribution is -1.90. The summed E-state index contributed by atoms with van der Waals surface area (Å²) in [6.45, 7) is 9.38. The van der Waals surface area contributed by atoms with Crippen LogP contribution in [0.3, 0.4) is 0 Å². The molecule has 1 nitrogen and oxygen atoms in total. The van der Waals surface area contributed by atoms with Crippen LogP contribution < -0.4 is 0 Å². The van der Waals surface area contributed by atoms with E-state index in [9.17, 15) is 4.39 Å². The van der Waals surface area contributed by atoms with E-state index < -0.39 is 0 Å². The van der Waals surface area contributed by atoms with E-state index in [4.69, 9.17) is 4.74 Å². The molecule has 0 amide bonds. The quantitative estimate of drug-likeness (QED) is 0.660. The molecule has 0 aliphatic heterocycles. The van der Waals surface area contributed by atoms with Crippen LogP contribution in [-0.4, -0.2) is 0 Å². The van der Waals surface area contributed by atoms with Crippen LogP contribution in [0.4, 0.5) is 4.39 Å². The van der Waals surface area contributed by atoms with Gasteiger partial charge in [-0.3, -0.25) is 0 Å². The maximum Gasteiger partial charge on any atom is 0.126 e. The van der Waals surface area contributed by atoms with Crippen LogP contribution in [0, 0.1) is 5.82 Å². The minimum Gasteiger partial charge on any atom is -0.462 e. The summed E-state index contributed by atoms with van der Waals surface area (Å²) >= 11 is 0. The second-order valence-electron chi connectivity index (χ2n) is 2.92. The molecule has 0 aliphatic carbocycles. The van der Waals surface area contributed by atoms with Gasteiger partial charge in [0.15, 0.2) is 0 Å². The van der Waals surface area contributed by atoms with Crippen LogP contribution in [0.25, 0.3) is 5.76 Å². The van der Waals surface area contributed by atoms with Gasteiger partial charge in [0.25, 0.3) is 0 Å². The molecule has 0 N–H and O–H groups in total. The second-order valence-corrected chi connectivity index (χ2v) is 2.92. The zero-order valence-corrected chi connectivity index (χ0v) is 8.22. The van der Waals surface area contributed by atoms with Crippen LogP contribution in [0.2, 0.25) is 0 Å². The normalized spacial score (nSPS) is 9.57. The van der Waals surface area contributed by atoms with Crippen molar-refractivity contribution in [3.63, 3.8) is 0 Å². The fourth-order valence-electron chi connectivity index (χ4n) is 0.941. The highest BCUT2D eigenvalue weighted by molar-refractivity contribution is 5.57. The minimum atomic E-state index is -0.268. The van der Waals surface area contributed by atoms with E-state index in [-0.39, 0.29) is 5.82 Å². The maximum absolute atomic E-state index is 12.6. The van der Waals surface area contributed by atoms with Crippen molar-refractivity contribution in [2.24, 2.45) is 0 Å². The summed E-state index contributed by atoms with van der Waals surface area (Å²) in [5.41, 5.74) is 0.765. The first-order chi connectivity index (χ1) is 6.63. The smallest absolute Gasteiger partial charge is 0.126 e. The molecule has 0 fully saturated rings. The number of benzene rings is 1. The Morgan fingerprint density at radius 2 is 1.86 bits per heavy atom. The minimum absolute atomic E-state index is 0.268. The Labute approximate surface area is 83.5 Å². The Hall–Kier alpha value is -1.57. The number of hydrogen-bond acceptors (Lipinski definition) is 1. The van der Waals surface area contributed by atoms with E-state index in [1.165, 1.54) is 12.1 Å². The number of halogens is 1. The Bertz CT molecular complexity index is 338. The Kier molecular flexibility index (Phi) is 3.46. The Morgan fingerprint density at radius 3 is 2.36 bits per heavy atom. The largest absolute Gasteiger partial charge is 0.462 e. The summed E-state index contributed by atoms with van der Waals surface area (Å²) in [5, 5.41) is 0. The summed E-state index contributed by atoms with van der Waals surface area (Å²) in [6.07, 6.45) is 0.736. The summed E-state index contributed by atoms with van der Waals surface area (Å²) in [7, 11) is 0. The van der Waals surface area contributed by atoms with Crippen molar-refractivity contribution in [2.75, 3.05) is 0 Å². The molecule has 14 heavy (non-hydrogen) atoms. The van der Waals surface area contributed by atoms with Gasteiger partial charge < -0.3 is 4.74 Å². The third-order valence-corrected chi connectivity index (χ3v) is 1.83. The van der Waals surface area contributed by atoms with E-state index in [0.717, 1.165) is 12.0 Å². The summed E-state index contributed by atoms with van der Waals surface area (Å²) in [6, 6.07) is 6.00. The molecule has 0 unspecified atom stereocenters. The predicted molar refractivity (Wildman–Crippen MR) is 56.0 cm³/mol. The molecule has 0 aromatic heterocycles. The molecule has 0 bridgehead atoms. The van der Waals surface area contributed by atoms with Gasteiger partial charge in [-0.2, -0.15) is 0 Å². The molecule has 0 radical (unpaired) electrons. The Balaban J connectivity index is 2.70. The number of rotatable bonds is 4. The lowest BCUT2D eigenvalue weighted by molar-refractivity contribution is 0.371. The molecule has 2 heteroatoms. The van der Waals surface area contributed by atoms with Gasteiger partial charge in [-0.1, -0.05) is 20.1 Å². The van der Waals surface area contributed by atoms with Gasteiger partial charge in [0.05, 0.1) is 5.76 Å². The van der Waals surface area contributed by atoms with E-state index in [1.54, 1.807) is 12.1 Å². The predicted octanol–water partition coefficient (Wildman–Crippen LogP) is 3.74. The van der Waals surface area contributed by atoms with Crippen molar-refractivity contribution < 1.29 is 9.13 Å². The SMILES string of the molecule is C=C(CC)OC(=C)c1ccc(F)cc1. The molecular formula is C12H13FO. The van der Waals surface area contributed by atoms with Crippen LogP contribution in [0.5, 0.6) is 0 Å². The number of hydrogen-bond donors (Lipinski definition) is 0. The van der Waals surface area contributed by atoms with Crippen molar-refractivity contribution in [2.45, 2.75) is 13.3 Å². The topological polar surface area (TPSA) is 9.23 Å². The van der Waals surface area contributed by atoms with Crippen molar-refractivity contribution in [1.29, 1.82) is 0 Å². The third kappa shape index (κ3) is 2.73. The first-order valence-electron chi connectivity index (χ1n) is 4.44. The average Bonchev–Trinajstić information content (AvgIpc) is 2.18. The zero-order valence-electron chi connectivity index (χ0n) is 8.22. The van der Waals surface area contributed by atoms with Crippen molar-refractivity contribution in [3.05, 3.63) is 54.6 Å². The average molecular weight is 192 g/mol. The fourth-order valence-corrected chi connectivity index (χ4v) is 0.941. The van der Waals surface area contributed by atoms with Gasteiger partial charge in [0.2, 0.25) is 0 Å². The van der Waals surface area contributed by atoms with Crippen LogP contribution in [0.15, 0.2) is 43.2 Å². The molecule has 74 valence electrons. The summed E-state index contributed by atoms with van der Waals surface area (Å²) in [5.74, 6) is 0.882. The van der Waals surface area contributed by atoms with Gasteiger partial charge in [0.1, 0.15) is 11.6 Å². The van der Waals surface area contributed by atoms with Crippen molar-refractivity contribution in [3.8, 4) is 0 Å². The van der Waals surface area contributed by atoms with Crippen LogP contribution in [-0.2, 0) is 4.74 Å². The van der Waals surface area contributed by atoms with Crippen LogP contribution >= 0.6 is 0 Å². The van der Waals surface area contributed by atoms with E-state index in [1.807, 2.05) is 6.92 Å². The lowest BCUT2D eigenvalue weighted by Gasteiger charge is -2.09. The first-order valence-corrected chi connectivity index (χ1v) is 4.44. The standard InChI is InChI=1S/C12H13FO/c1-4-9(2)14-10(3)11-5-7-12(13)8-6-11/h5-8H,2-4H2,1H3. The van der Waals surface area contributed by atoms with Gasteiger partial charge >= 0.3 is 0 Å². The van der Waals surface area contributed by atoms with E-state index in [0.29, 0.717) is 11.5 Å². The highest BCUT2D eigenvalue weighted by Crippen LogP contribution is 2.18. The molecule has 0 aliphatic rings.